The number of rotatable bonds is 7. The van der Waals surface area contributed by atoms with Crippen molar-refractivity contribution in [3.05, 3.63) is 53.6 Å². The number of nitrogens with zero attached hydrogens (tertiary/aromatic N) is 2. The molecule has 2 heterocycles. The Morgan fingerprint density at radius 2 is 2.16 bits per heavy atom. The Balaban J connectivity index is 1.95. The van der Waals surface area contributed by atoms with E-state index in [2.05, 4.69) is 45.3 Å². The number of hydrogen-bond donors (Lipinski definition) is 1. The maximum Gasteiger partial charge on any atom is 0.0645 e. The zero-order valence-electron chi connectivity index (χ0n) is 11.6. The van der Waals surface area contributed by atoms with Gasteiger partial charge in [-0.05, 0) is 31.2 Å². The summed E-state index contributed by atoms with van der Waals surface area (Å²) in [6.07, 6.45) is 2.09. The molecular weight excluding hydrogens is 238 g/mol. The van der Waals surface area contributed by atoms with E-state index >= 15 is 0 Å². The number of nitrogens with one attached hydrogen (secondary N) is 1. The second kappa shape index (κ2) is 7.07. The zero-order chi connectivity index (χ0) is 13.5. The predicted octanol–water partition coefficient (Wildman–Crippen LogP) is 1.98. The summed E-state index contributed by atoms with van der Waals surface area (Å²) in [5.41, 5.74) is 3.41. The fourth-order valence-electron chi connectivity index (χ4n) is 2.02. The molecule has 102 valence electrons. The van der Waals surface area contributed by atoms with Crippen LogP contribution in [-0.4, -0.2) is 29.8 Å². The predicted molar refractivity (Wildman–Crippen MR) is 76.1 cm³/mol. The van der Waals surface area contributed by atoms with E-state index in [1.54, 1.807) is 7.11 Å². The van der Waals surface area contributed by atoms with Crippen LogP contribution in [0.4, 0.5) is 0 Å². The molecule has 2 aromatic heterocycles. The number of ether oxygens (including phenoxy) is 1. The summed E-state index contributed by atoms with van der Waals surface area (Å²) in [6, 6.07) is 10.3. The molecule has 0 unspecified atom stereocenters. The van der Waals surface area contributed by atoms with E-state index in [9.17, 15) is 0 Å². The van der Waals surface area contributed by atoms with Crippen molar-refractivity contribution in [3.8, 4) is 0 Å². The normalized spacial score (nSPS) is 10.8. The van der Waals surface area contributed by atoms with E-state index in [-0.39, 0.29) is 0 Å². The minimum Gasteiger partial charge on any atom is -0.383 e. The van der Waals surface area contributed by atoms with Crippen LogP contribution in [0.1, 0.15) is 17.1 Å². The van der Waals surface area contributed by atoms with Gasteiger partial charge in [0.05, 0.1) is 18.8 Å². The van der Waals surface area contributed by atoms with Gasteiger partial charge in [0.2, 0.25) is 0 Å². The smallest absolute Gasteiger partial charge is 0.0645 e. The van der Waals surface area contributed by atoms with Crippen molar-refractivity contribution in [1.82, 2.24) is 14.9 Å². The van der Waals surface area contributed by atoms with Crippen LogP contribution in [0.5, 0.6) is 0 Å². The van der Waals surface area contributed by atoms with Crippen molar-refractivity contribution in [2.24, 2.45) is 0 Å². The summed E-state index contributed by atoms with van der Waals surface area (Å²) in [6.45, 7) is 5.29. The van der Waals surface area contributed by atoms with E-state index in [4.69, 9.17) is 4.74 Å². The lowest BCUT2D eigenvalue weighted by Gasteiger charge is -2.10. The molecule has 0 aromatic carbocycles. The third-order valence-electron chi connectivity index (χ3n) is 2.99. The van der Waals surface area contributed by atoms with Crippen molar-refractivity contribution in [1.29, 1.82) is 0 Å². The van der Waals surface area contributed by atoms with Gasteiger partial charge in [0.1, 0.15) is 0 Å². The molecular formula is C15H21N3O. The molecule has 0 aliphatic rings. The Hall–Kier alpha value is -1.65. The van der Waals surface area contributed by atoms with Crippen LogP contribution < -0.4 is 5.32 Å². The maximum absolute atomic E-state index is 5.02. The Morgan fingerprint density at radius 1 is 1.26 bits per heavy atom. The molecule has 4 heteroatoms. The Kier molecular flexibility index (Phi) is 5.12. The van der Waals surface area contributed by atoms with Gasteiger partial charge < -0.3 is 14.6 Å². The molecule has 0 amide bonds. The lowest BCUT2D eigenvalue weighted by Crippen LogP contribution is -2.20. The van der Waals surface area contributed by atoms with E-state index in [1.807, 2.05) is 13.0 Å². The molecule has 4 nitrogen and oxygen atoms in total. The number of hydrogen-bond acceptors (Lipinski definition) is 3. The first kappa shape index (κ1) is 13.8. The zero-order valence-corrected chi connectivity index (χ0v) is 11.6. The van der Waals surface area contributed by atoms with Crippen molar-refractivity contribution in [2.75, 3.05) is 20.3 Å². The summed E-state index contributed by atoms with van der Waals surface area (Å²) in [7, 11) is 1.72. The standard InChI is InChI=1S/C15H21N3O/c1-13-5-3-6-14(17-13)12-18-9-4-7-15(18)11-16-8-10-19-2/h3-7,9,16H,8,10-12H2,1-2H3. The number of aromatic nitrogens is 2. The fraction of sp³-hybridized carbons (Fsp3) is 0.400. The largest absolute Gasteiger partial charge is 0.383 e. The molecule has 19 heavy (non-hydrogen) atoms. The highest BCUT2D eigenvalue weighted by Gasteiger charge is 2.02. The van der Waals surface area contributed by atoms with Crippen LogP contribution in [-0.2, 0) is 17.8 Å². The first-order chi connectivity index (χ1) is 9.29. The number of aryl methyl sites for hydroxylation is 1. The van der Waals surface area contributed by atoms with Crippen molar-refractivity contribution in [2.45, 2.75) is 20.0 Å². The molecule has 0 saturated heterocycles. The van der Waals surface area contributed by atoms with Gasteiger partial charge in [0.15, 0.2) is 0 Å². The van der Waals surface area contributed by atoms with Gasteiger partial charge in [0.25, 0.3) is 0 Å². The highest BCUT2D eigenvalue weighted by Crippen LogP contribution is 2.07. The molecule has 0 bridgehead atoms. The first-order valence-electron chi connectivity index (χ1n) is 6.56. The molecule has 0 saturated carbocycles. The van der Waals surface area contributed by atoms with E-state index in [0.717, 1.165) is 37.6 Å². The van der Waals surface area contributed by atoms with E-state index < -0.39 is 0 Å². The monoisotopic (exact) mass is 259 g/mol. The lowest BCUT2D eigenvalue weighted by molar-refractivity contribution is 0.199. The van der Waals surface area contributed by atoms with Gasteiger partial charge >= 0.3 is 0 Å². The van der Waals surface area contributed by atoms with Gasteiger partial charge in [-0.3, -0.25) is 4.98 Å². The molecule has 0 fully saturated rings. The van der Waals surface area contributed by atoms with Crippen molar-refractivity contribution >= 4 is 0 Å². The van der Waals surface area contributed by atoms with Crippen LogP contribution in [0.2, 0.25) is 0 Å². The minimum absolute atomic E-state index is 0.736. The van der Waals surface area contributed by atoms with E-state index in [0.29, 0.717) is 0 Å². The van der Waals surface area contributed by atoms with Gasteiger partial charge in [-0.25, -0.2) is 0 Å². The average Bonchev–Trinajstić information content (AvgIpc) is 2.82. The van der Waals surface area contributed by atoms with Gasteiger partial charge in [0, 0.05) is 37.8 Å². The van der Waals surface area contributed by atoms with Crippen LogP contribution in [0, 0.1) is 6.92 Å². The average molecular weight is 259 g/mol. The molecule has 0 aliphatic heterocycles. The summed E-state index contributed by atoms with van der Waals surface area (Å²) in [5, 5.41) is 3.36. The molecule has 0 atom stereocenters. The number of pyridine rings is 1. The number of methoxy groups -OCH3 is 1. The highest BCUT2D eigenvalue weighted by atomic mass is 16.5. The second-order valence-electron chi connectivity index (χ2n) is 4.57. The highest BCUT2D eigenvalue weighted by molar-refractivity contribution is 5.14. The maximum atomic E-state index is 5.02. The van der Waals surface area contributed by atoms with Gasteiger partial charge in [-0.2, -0.15) is 0 Å². The van der Waals surface area contributed by atoms with E-state index in [1.165, 1.54) is 5.69 Å². The van der Waals surface area contributed by atoms with Crippen LogP contribution in [0.3, 0.4) is 0 Å². The van der Waals surface area contributed by atoms with Crippen molar-refractivity contribution < 1.29 is 4.74 Å². The molecule has 0 radical (unpaired) electrons. The Labute approximate surface area is 114 Å². The third-order valence-corrected chi connectivity index (χ3v) is 2.99. The SMILES string of the molecule is COCCNCc1cccn1Cc1cccc(C)n1. The Morgan fingerprint density at radius 3 is 2.95 bits per heavy atom. The fourth-order valence-corrected chi connectivity index (χ4v) is 2.02. The summed E-state index contributed by atoms with van der Waals surface area (Å²) < 4.78 is 7.24. The summed E-state index contributed by atoms with van der Waals surface area (Å²) in [5.74, 6) is 0. The van der Waals surface area contributed by atoms with Gasteiger partial charge in [-0.1, -0.05) is 6.07 Å². The van der Waals surface area contributed by atoms with Crippen LogP contribution in [0.15, 0.2) is 36.5 Å². The van der Waals surface area contributed by atoms with Gasteiger partial charge in [-0.15, -0.1) is 0 Å². The molecule has 2 rings (SSSR count). The first-order valence-corrected chi connectivity index (χ1v) is 6.56. The Bertz CT molecular complexity index is 508. The van der Waals surface area contributed by atoms with Crippen LogP contribution >= 0.6 is 0 Å². The summed E-state index contributed by atoms with van der Waals surface area (Å²) >= 11 is 0. The lowest BCUT2D eigenvalue weighted by atomic mass is 10.3. The molecule has 1 N–H and O–H groups in total. The quantitative estimate of drug-likeness (QED) is 0.773. The molecule has 0 aliphatic carbocycles. The summed E-state index contributed by atoms with van der Waals surface area (Å²) in [4.78, 5) is 4.54. The second-order valence-corrected chi connectivity index (χ2v) is 4.57. The minimum atomic E-state index is 0.736. The topological polar surface area (TPSA) is 39.1 Å². The van der Waals surface area contributed by atoms with Crippen LogP contribution in [0.25, 0.3) is 0 Å². The molecule has 2 aromatic rings. The molecule has 0 spiro atoms. The third kappa shape index (κ3) is 4.19. The van der Waals surface area contributed by atoms with Crippen molar-refractivity contribution in [3.63, 3.8) is 0 Å².